The largest absolute Gasteiger partial charge is 0.573 e. The van der Waals surface area contributed by atoms with Crippen LogP contribution in [0.4, 0.5) is 18.9 Å². The van der Waals surface area contributed by atoms with Gasteiger partial charge in [0, 0.05) is 25.4 Å². The average molecular weight is 332 g/mol. The van der Waals surface area contributed by atoms with Crippen LogP contribution in [-0.4, -0.2) is 44.5 Å². The predicted molar refractivity (Wildman–Crippen MR) is 73.9 cm³/mol. The van der Waals surface area contributed by atoms with Gasteiger partial charge >= 0.3 is 6.36 Å². The Morgan fingerprint density at radius 3 is 2.83 bits per heavy atom. The summed E-state index contributed by atoms with van der Waals surface area (Å²) in [6.07, 6.45) is -4.44. The van der Waals surface area contributed by atoms with Crippen LogP contribution >= 0.6 is 0 Å². The van der Waals surface area contributed by atoms with E-state index in [0.29, 0.717) is 6.42 Å². The third-order valence-corrected chi connectivity index (χ3v) is 3.18. The molecule has 1 unspecified atom stereocenters. The molecule has 0 radical (unpaired) electrons. The van der Waals surface area contributed by atoms with Crippen LogP contribution < -0.4 is 15.0 Å². The van der Waals surface area contributed by atoms with Gasteiger partial charge in [0.25, 0.3) is 0 Å². The molecule has 2 amide bonds. The van der Waals surface area contributed by atoms with Crippen LogP contribution in [0.5, 0.6) is 5.75 Å². The van der Waals surface area contributed by atoms with E-state index in [2.05, 4.69) is 14.8 Å². The maximum atomic E-state index is 12.2. The van der Waals surface area contributed by atoms with E-state index >= 15 is 0 Å². The number of amides is 2. The number of halogens is 3. The van der Waals surface area contributed by atoms with Gasteiger partial charge in [-0.3, -0.25) is 9.59 Å². The SMILES string of the molecule is COCC(=O)NC1CCN(c2cccc(OC(F)(F)F)c2)C1=O. The quantitative estimate of drug-likeness (QED) is 0.886. The summed E-state index contributed by atoms with van der Waals surface area (Å²) >= 11 is 0. The molecule has 2 rings (SSSR count). The smallest absolute Gasteiger partial charge is 0.406 e. The number of anilines is 1. The fourth-order valence-corrected chi connectivity index (χ4v) is 2.29. The lowest BCUT2D eigenvalue weighted by atomic mass is 10.2. The Labute approximate surface area is 130 Å². The van der Waals surface area contributed by atoms with Gasteiger partial charge < -0.3 is 19.7 Å². The Kier molecular flexibility index (Phi) is 5.09. The molecule has 1 atom stereocenters. The molecule has 0 bridgehead atoms. The first kappa shape index (κ1) is 17.1. The second-order valence-corrected chi connectivity index (χ2v) is 4.88. The standard InChI is InChI=1S/C14H15F3N2O4/c1-22-8-12(20)18-11-5-6-19(13(11)21)9-3-2-4-10(7-9)23-14(15,16)17/h2-4,7,11H,5-6,8H2,1H3,(H,18,20). The number of alkyl halides is 3. The van der Waals surface area contributed by atoms with Gasteiger partial charge in [-0.25, -0.2) is 0 Å². The Bertz CT molecular complexity index is 592. The minimum atomic E-state index is -4.80. The Balaban J connectivity index is 2.07. The number of hydrogen-bond donors (Lipinski definition) is 1. The molecule has 0 spiro atoms. The molecule has 0 aliphatic carbocycles. The molecular formula is C14H15F3N2O4. The number of nitrogens with one attached hydrogen (secondary N) is 1. The van der Waals surface area contributed by atoms with Gasteiger partial charge in [-0.2, -0.15) is 0 Å². The first-order chi connectivity index (χ1) is 10.8. The number of carbonyl (C=O) groups excluding carboxylic acids is 2. The van der Waals surface area contributed by atoms with E-state index in [1.807, 2.05) is 0 Å². The molecule has 0 saturated carbocycles. The van der Waals surface area contributed by atoms with Crippen LogP contribution in [-0.2, 0) is 14.3 Å². The fraction of sp³-hybridized carbons (Fsp3) is 0.429. The van der Waals surface area contributed by atoms with E-state index in [9.17, 15) is 22.8 Å². The van der Waals surface area contributed by atoms with Crippen LogP contribution in [0.15, 0.2) is 24.3 Å². The highest BCUT2D eigenvalue weighted by molar-refractivity contribution is 6.01. The molecule has 126 valence electrons. The summed E-state index contributed by atoms with van der Waals surface area (Å²) in [5.41, 5.74) is 0.278. The van der Waals surface area contributed by atoms with Crippen molar-refractivity contribution in [3.63, 3.8) is 0 Å². The zero-order chi connectivity index (χ0) is 17.0. The van der Waals surface area contributed by atoms with Crippen molar-refractivity contribution in [2.45, 2.75) is 18.8 Å². The van der Waals surface area contributed by atoms with Crippen molar-refractivity contribution in [3.05, 3.63) is 24.3 Å². The van der Waals surface area contributed by atoms with E-state index in [1.54, 1.807) is 0 Å². The number of benzene rings is 1. The number of methoxy groups -OCH3 is 1. The first-order valence-electron chi connectivity index (χ1n) is 6.75. The Morgan fingerprint density at radius 1 is 1.43 bits per heavy atom. The van der Waals surface area contributed by atoms with E-state index in [0.717, 1.165) is 12.1 Å². The second-order valence-electron chi connectivity index (χ2n) is 4.88. The highest BCUT2D eigenvalue weighted by atomic mass is 19.4. The lowest BCUT2D eigenvalue weighted by molar-refractivity contribution is -0.274. The van der Waals surface area contributed by atoms with Crippen LogP contribution in [0.1, 0.15) is 6.42 Å². The summed E-state index contributed by atoms with van der Waals surface area (Å²) in [7, 11) is 1.36. The van der Waals surface area contributed by atoms with Crippen molar-refractivity contribution in [1.82, 2.24) is 5.32 Å². The molecule has 1 aliphatic heterocycles. The van der Waals surface area contributed by atoms with E-state index in [-0.39, 0.29) is 18.8 Å². The summed E-state index contributed by atoms with van der Waals surface area (Å²) in [5.74, 6) is -1.23. The van der Waals surface area contributed by atoms with Gasteiger partial charge in [0.1, 0.15) is 18.4 Å². The number of nitrogens with zero attached hydrogens (tertiary/aromatic N) is 1. The maximum Gasteiger partial charge on any atom is 0.573 e. The van der Waals surface area contributed by atoms with Crippen molar-refractivity contribution in [2.75, 3.05) is 25.2 Å². The summed E-state index contributed by atoms with van der Waals surface area (Å²) in [4.78, 5) is 25.0. The summed E-state index contributed by atoms with van der Waals surface area (Å²) in [5, 5.41) is 2.52. The van der Waals surface area contributed by atoms with Crippen LogP contribution in [0.3, 0.4) is 0 Å². The molecule has 1 N–H and O–H groups in total. The third kappa shape index (κ3) is 4.59. The Morgan fingerprint density at radius 2 is 2.17 bits per heavy atom. The van der Waals surface area contributed by atoms with Crippen molar-refractivity contribution in [2.24, 2.45) is 0 Å². The molecule has 6 nitrogen and oxygen atoms in total. The monoisotopic (exact) mass is 332 g/mol. The van der Waals surface area contributed by atoms with Crippen molar-refractivity contribution >= 4 is 17.5 Å². The summed E-state index contributed by atoms with van der Waals surface area (Å²) in [6, 6.07) is 4.42. The van der Waals surface area contributed by atoms with Crippen molar-refractivity contribution < 1.29 is 32.2 Å². The maximum absolute atomic E-state index is 12.2. The zero-order valence-corrected chi connectivity index (χ0v) is 12.2. The molecular weight excluding hydrogens is 317 g/mol. The van der Waals surface area contributed by atoms with E-state index in [1.165, 1.54) is 24.1 Å². The third-order valence-electron chi connectivity index (χ3n) is 3.18. The van der Waals surface area contributed by atoms with Gasteiger partial charge in [0.15, 0.2) is 0 Å². The van der Waals surface area contributed by atoms with Gasteiger partial charge in [0.2, 0.25) is 11.8 Å². The van der Waals surface area contributed by atoms with Gasteiger partial charge in [-0.1, -0.05) is 6.07 Å². The number of ether oxygens (including phenoxy) is 2. The van der Waals surface area contributed by atoms with E-state index in [4.69, 9.17) is 0 Å². The predicted octanol–water partition coefficient (Wildman–Crippen LogP) is 1.45. The highest BCUT2D eigenvalue weighted by Crippen LogP contribution is 2.29. The lowest BCUT2D eigenvalue weighted by Crippen LogP contribution is -2.42. The van der Waals surface area contributed by atoms with Crippen LogP contribution in [0.25, 0.3) is 0 Å². The van der Waals surface area contributed by atoms with Crippen molar-refractivity contribution in [1.29, 1.82) is 0 Å². The van der Waals surface area contributed by atoms with Crippen molar-refractivity contribution in [3.8, 4) is 5.75 Å². The molecule has 1 saturated heterocycles. The molecule has 1 aromatic rings. The minimum Gasteiger partial charge on any atom is -0.406 e. The topological polar surface area (TPSA) is 67.9 Å². The van der Waals surface area contributed by atoms with Gasteiger partial charge in [-0.05, 0) is 18.6 Å². The second kappa shape index (κ2) is 6.86. The molecule has 0 aromatic heterocycles. The number of carbonyl (C=O) groups is 2. The van der Waals surface area contributed by atoms with Crippen LogP contribution in [0.2, 0.25) is 0 Å². The summed E-state index contributed by atoms with van der Waals surface area (Å²) < 4.78 is 45.2. The van der Waals surface area contributed by atoms with E-state index < -0.39 is 30.0 Å². The summed E-state index contributed by atoms with van der Waals surface area (Å²) in [6.45, 7) is 0.116. The first-order valence-corrected chi connectivity index (χ1v) is 6.75. The number of rotatable bonds is 5. The molecule has 9 heteroatoms. The molecule has 1 heterocycles. The van der Waals surface area contributed by atoms with Gasteiger partial charge in [0.05, 0.1) is 0 Å². The average Bonchev–Trinajstić information content (AvgIpc) is 2.79. The molecule has 23 heavy (non-hydrogen) atoms. The van der Waals surface area contributed by atoms with Gasteiger partial charge in [-0.15, -0.1) is 13.2 Å². The highest BCUT2D eigenvalue weighted by Gasteiger charge is 2.35. The normalized spacial score (nSPS) is 18.2. The lowest BCUT2D eigenvalue weighted by Gasteiger charge is -2.18. The minimum absolute atomic E-state index is 0.168. The Hall–Kier alpha value is -2.29. The molecule has 1 aromatic carbocycles. The molecule has 1 aliphatic rings. The fourth-order valence-electron chi connectivity index (χ4n) is 2.29. The number of hydrogen-bond acceptors (Lipinski definition) is 4. The zero-order valence-electron chi connectivity index (χ0n) is 12.2. The van der Waals surface area contributed by atoms with Crippen LogP contribution in [0, 0.1) is 0 Å². The molecule has 1 fully saturated rings.